The summed E-state index contributed by atoms with van der Waals surface area (Å²) in [6, 6.07) is 3.95. The molecule has 5 nitrogen and oxygen atoms in total. The Labute approximate surface area is 147 Å². The van der Waals surface area contributed by atoms with Crippen molar-refractivity contribution < 1.29 is 4.79 Å². The number of carbonyl (C=O) groups excluding carboxylic acids is 1. The third kappa shape index (κ3) is 4.15. The van der Waals surface area contributed by atoms with E-state index in [2.05, 4.69) is 15.4 Å². The molecule has 128 valence electrons. The molecule has 1 aliphatic carbocycles. The van der Waals surface area contributed by atoms with Crippen molar-refractivity contribution in [3.63, 3.8) is 0 Å². The summed E-state index contributed by atoms with van der Waals surface area (Å²) in [6.07, 6.45) is 7.83. The van der Waals surface area contributed by atoms with Crippen LogP contribution in [0.5, 0.6) is 0 Å². The molecular weight excluding hydrogens is 324 g/mol. The SMILES string of the molecule is Cc1ccn(CC2CCC(NC(=O)c3cc(Cl)cnc3C)CC2)n1. The van der Waals surface area contributed by atoms with Gasteiger partial charge in [0.1, 0.15) is 0 Å². The van der Waals surface area contributed by atoms with Gasteiger partial charge in [-0.25, -0.2) is 0 Å². The van der Waals surface area contributed by atoms with Crippen LogP contribution in [0.3, 0.4) is 0 Å². The highest BCUT2D eigenvalue weighted by Gasteiger charge is 2.24. The fourth-order valence-electron chi connectivity index (χ4n) is 3.32. The zero-order valence-corrected chi connectivity index (χ0v) is 14.9. The van der Waals surface area contributed by atoms with E-state index >= 15 is 0 Å². The van der Waals surface area contributed by atoms with E-state index in [1.165, 1.54) is 0 Å². The number of hydrogen-bond donors (Lipinski definition) is 1. The Bertz CT molecular complexity index is 720. The topological polar surface area (TPSA) is 59.8 Å². The van der Waals surface area contributed by atoms with Gasteiger partial charge in [-0.2, -0.15) is 5.10 Å². The fourth-order valence-corrected chi connectivity index (χ4v) is 3.48. The molecule has 0 atom stereocenters. The standard InChI is InChI=1S/C18H23ClN4O/c1-12-7-8-23(22-12)11-14-3-5-16(6-4-14)21-18(24)17-9-15(19)10-20-13(17)2/h7-10,14,16H,3-6,11H2,1-2H3,(H,21,24). The van der Waals surface area contributed by atoms with E-state index in [1.807, 2.05) is 30.8 Å². The van der Waals surface area contributed by atoms with E-state index in [4.69, 9.17) is 11.6 Å². The Hall–Kier alpha value is -1.88. The lowest BCUT2D eigenvalue weighted by molar-refractivity contribution is 0.0919. The fraction of sp³-hybridized carbons (Fsp3) is 0.500. The second kappa shape index (κ2) is 7.34. The third-order valence-corrected chi connectivity index (χ3v) is 4.91. The molecule has 0 aliphatic heterocycles. The molecule has 0 aromatic carbocycles. The predicted molar refractivity (Wildman–Crippen MR) is 94.2 cm³/mol. The van der Waals surface area contributed by atoms with Gasteiger partial charge in [0.2, 0.25) is 0 Å². The maximum Gasteiger partial charge on any atom is 0.253 e. The van der Waals surface area contributed by atoms with Crippen LogP contribution >= 0.6 is 11.6 Å². The molecule has 1 N–H and O–H groups in total. The van der Waals surface area contributed by atoms with Crippen LogP contribution < -0.4 is 5.32 Å². The molecule has 1 saturated carbocycles. The highest BCUT2D eigenvalue weighted by Crippen LogP contribution is 2.26. The number of nitrogens with one attached hydrogen (secondary N) is 1. The number of pyridine rings is 1. The maximum absolute atomic E-state index is 12.4. The molecule has 2 aromatic rings. The van der Waals surface area contributed by atoms with E-state index in [0.717, 1.165) is 37.9 Å². The van der Waals surface area contributed by atoms with Crippen molar-refractivity contribution in [2.75, 3.05) is 0 Å². The molecule has 6 heteroatoms. The van der Waals surface area contributed by atoms with Crippen molar-refractivity contribution in [2.45, 2.75) is 52.1 Å². The summed E-state index contributed by atoms with van der Waals surface area (Å²) in [6.45, 7) is 4.80. The molecule has 1 aliphatic rings. The first kappa shape index (κ1) is 17.0. The Balaban J connectivity index is 1.51. The zero-order valence-electron chi connectivity index (χ0n) is 14.1. The van der Waals surface area contributed by atoms with Crippen molar-refractivity contribution in [2.24, 2.45) is 5.92 Å². The van der Waals surface area contributed by atoms with Crippen LogP contribution in [0.4, 0.5) is 0 Å². The van der Waals surface area contributed by atoms with E-state index in [-0.39, 0.29) is 11.9 Å². The van der Waals surface area contributed by atoms with E-state index in [0.29, 0.717) is 22.2 Å². The van der Waals surface area contributed by atoms with Gasteiger partial charge in [0.15, 0.2) is 0 Å². The molecule has 0 spiro atoms. The molecular formula is C18H23ClN4O. The Morgan fingerprint density at radius 1 is 1.33 bits per heavy atom. The first-order valence-corrected chi connectivity index (χ1v) is 8.82. The van der Waals surface area contributed by atoms with Crippen molar-refractivity contribution in [1.82, 2.24) is 20.1 Å². The summed E-state index contributed by atoms with van der Waals surface area (Å²) in [7, 11) is 0. The lowest BCUT2D eigenvalue weighted by atomic mass is 9.86. The minimum atomic E-state index is -0.0753. The molecule has 2 aromatic heterocycles. The Morgan fingerprint density at radius 3 is 2.75 bits per heavy atom. The summed E-state index contributed by atoms with van der Waals surface area (Å²) in [5, 5.41) is 8.08. The highest BCUT2D eigenvalue weighted by molar-refractivity contribution is 6.30. The second-order valence-corrected chi connectivity index (χ2v) is 7.09. The summed E-state index contributed by atoms with van der Waals surface area (Å²) in [5.74, 6) is 0.556. The summed E-state index contributed by atoms with van der Waals surface area (Å²) < 4.78 is 2.03. The normalized spacial score (nSPS) is 20.8. The quantitative estimate of drug-likeness (QED) is 0.921. The molecule has 0 unspecified atom stereocenters. The van der Waals surface area contributed by atoms with Gasteiger partial charge in [0.05, 0.1) is 22.0 Å². The van der Waals surface area contributed by atoms with Gasteiger partial charge >= 0.3 is 0 Å². The molecule has 24 heavy (non-hydrogen) atoms. The van der Waals surface area contributed by atoms with Gasteiger partial charge in [-0.3, -0.25) is 14.5 Å². The summed E-state index contributed by atoms with van der Waals surface area (Å²) in [4.78, 5) is 16.6. The van der Waals surface area contributed by atoms with Crippen LogP contribution in [-0.2, 0) is 6.54 Å². The minimum Gasteiger partial charge on any atom is -0.349 e. The maximum atomic E-state index is 12.4. The first-order chi connectivity index (χ1) is 11.5. The highest BCUT2D eigenvalue weighted by atomic mass is 35.5. The molecule has 0 saturated heterocycles. The van der Waals surface area contributed by atoms with Crippen LogP contribution in [0.15, 0.2) is 24.5 Å². The predicted octanol–water partition coefficient (Wildman–Crippen LogP) is 3.54. The van der Waals surface area contributed by atoms with Gasteiger partial charge < -0.3 is 5.32 Å². The number of halogens is 1. The van der Waals surface area contributed by atoms with Gasteiger partial charge in [-0.15, -0.1) is 0 Å². The third-order valence-electron chi connectivity index (χ3n) is 4.70. The lowest BCUT2D eigenvalue weighted by Crippen LogP contribution is -2.38. The number of amides is 1. The number of carbonyl (C=O) groups is 1. The largest absolute Gasteiger partial charge is 0.349 e. The number of aryl methyl sites for hydroxylation is 2. The van der Waals surface area contributed by atoms with Gasteiger partial charge in [0, 0.05) is 25.0 Å². The Kier molecular flexibility index (Phi) is 5.19. The molecule has 2 heterocycles. The summed E-state index contributed by atoms with van der Waals surface area (Å²) in [5.41, 5.74) is 2.33. The van der Waals surface area contributed by atoms with E-state index < -0.39 is 0 Å². The molecule has 1 amide bonds. The molecule has 0 radical (unpaired) electrons. The van der Waals surface area contributed by atoms with Crippen molar-refractivity contribution in [3.05, 3.63) is 46.5 Å². The minimum absolute atomic E-state index is 0.0753. The van der Waals surface area contributed by atoms with Crippen LogP contribution in [0.25, 0.3) is 0 Å². The van der Waals surface area contributed by atoms with Crippen LogP contribution in [0, 0.1) is 19.8 Å². The van der Waals surface area contributed by atoms with Crippen LogP contribution in [0.1, 0.15) is 47.4 Å². The average Bonchev–Trinajstić information content (AvgIpc) is 2.96. The van der Waals surface area contributed by atoms with Crippen LogP contribution in [0.2, 0.25) is 5.02 Å². The smallest absolute Gasteiger partial charge is 0.253 e. The number of nitrogens with zero attached hydrogens (tertiary/aromatic N) is 3. The van der Waals surface area contributed by atoms with E-state index in [1.54, 1.807) is 12.3 Å². The first-order valence-electron chi connectivity index (χ1n) is 8.44. The number of rotatable bonds is 4. The van der Waals surface area contributed by atoms with Gasteiger partial charge in [0.25, 0.3) is 5.91 Å². The average molecular weight is 347 g/mol. The lowest BCUT2D eigenvalue weighted by Gasteiger charge is -2.29. The summed E-state index contributed by atoms with van der Waals surface area (Å²) >= 11 is 5.95. The molecule has 0 bridgehead atoms. The van der Waals surface area contributed by atoms with Crippen LogP contribution in [-0.4, -0.2) is 26.7 Å². The zero-order chi connectivity index (χ0) is 17.1. The number of hydrogen-bond acceptors (Lipinski definition) is 3. The Morgan fingerprint density at radius 2 is 2.08 bits per heavy atom. The van der Waals surface area contributed by atoms with Gasteiger partial charge in [-0.1, -0.05) is 11.6 Å². The molecule has 1 fully saturated rings. The molecule has 3 rings (SSSR count). The monoisotopic (exact) mass is 346 g/mol. The van der Waals surface area contributed by atoms with Crippen molar-refractivity contribution in [1.29, 1.82) is 0 Å². The van der Waals surface area contributed by atoms with Crippen molar-refractivity contribution in [3.8, 4) is 0 Å². The number of aromatic nitrogens is 3. The van der Waals surface area contributed by atoms with Gasteiger partial charge in [-0.05, 0) is 57.6 Å². The second-order valence-electron chi connectivity index (χ2n) is 6.66. The van der Waals surface area contributed by atoms with E-state index in [9.17, 15) is 4.79 Å². The van der Waals surface area contributed by atoms with Crippen molar-refractivity contribution >= 4 is 17.5 Å².